The molecule has 0 aliphatic heterocycles. The predicted octanol–water partition coefficient (Wildman–Crippen LogP) is -1.08. The van der Waals surface area contributed by atoms with Crippen molar-refractivity contribution in [2.24, 2.45) is 0 Å². The third-order valence-electron chi connectivity index (χ3n) is 1.94. The molecule has 0 fully saturated rings. The van der Waals surface area contributed by atoms with Gasteiger partial charge in [0.2, 0.25) is 0 Å². The van der Waals surface area contributed by atoms with Crippen LogP contribution in [0.1, 0.15) is 12.2 Å². The molecule has 0 radical (unpaired) electrons. The molecule has 1 atom stereocenters. The maximum Gasteiger partial charge on any atom is 0.322 e. The number of carbonyl (C=O) groups is 2. The maximum atomic E-state index is 11.7. The van der Waals surface area contributed by atoms with Crippen LogP contribution >= 0.6 is 0 Å². The standard InChI is InChI=1S/C8H11N3O6S/c1-4-9-3-6(10-4)18(16,17)11-5(8(14)15)2-7(12)13/h3,5,11H,2H2,1H3,(H,9,10)(H,12,13)(H,14,15). The molecule has 0 aromatic carbocycles. The Morgan fingerprint density at radius 3 is 2.50 bits per heavy atom. The van der Waals surface area contributed by atoms with E-state index in [0.29, 0.717) is 5.82 Å². The smallest absolute Gasteiger partial charge is 0.322 e. The molecule has 1 rings (SSSR count). The van der Waals surface area contributed by atoms with Crippen LogP contribution < -0.4 is 4.72 Å². The number of carboxylic acid groups (broad SMARTS) is 2. The first kappa shape index (κ1) is 14.1. The highest BCUT2D eigenvalue weighted by molar-refractivity contribution is 7.89. The predicted molar refractivity (Wildman–Crippen MR) is 57.3 cm³/mol. The molecule has 4 N–H and O–H groups in total. The fourth-order valence-electron chi connectivity index (χ4n) is 1.14. The molecule has 1 heterocycles. The number of sulfonamides is 1. The summed E-state index contributed by atoms with van der Waals surface area (Å²) in [5.74, 6) is -2.66. The Labute approximate surface area is 102 Å². The van der Waals surface area contributed by atoms with Crippen LogP contribution in [0.4, 0.5) is 0 Å². The zero-order chi connectivity index (χ0) is 13.9. The van der Waals surface area contributed by atoms with Crippen LogP contribution in [0.2, 0.25) is 0 Å². The van der Waals surface area contributed by atoms with Crippen LogP contribution in [0.5, 0.6) is 0 Å². The van der Waals surface area contributed by atoms with Crippen LogP contribution in [-0.4, -0.2) is 46.6 Å². The van der Waals surface area contributed by atoms with Crippen molar-refractivity contribution >= 4 is 22.0 Å². The average molecular weight is 277 g/mol. The lowest BCUT2D eigenvalue weighted by Crippen LogP contribution is -2.42. The van der Waals surface area contributed by atoms with E-state index in [9.17, 15) is 18.0 Å². The van der Waals surface area contributed by atoms with Crippen molar-refractivity contribution in [3.05, 3.63) is 12.0 Å². The van der Waals surface area contributed by atoms with E-state index >= 15 is 0 Å². The van der Waals surface area contributed by atoms with Gasteiger partial charge in [0.25, 0.3) is 10.0 Å². The topological polar surface area (TPSA) is 149 Å². The third-order valence-corrected chi connectivity index (χ3v) is 3.32. The molecule has 18 heavy (non-hydrogen) atoms. The lowest BCUT2D eigenvalue weighted by atomic mass is 10.2. The molecule has 9 nitrogen and oxygen atoms in total. The first-order valence-electron chi connectivity index (χ1n) is 4.71. The first-order chi connectivity index (χ1) is 8.22. The van der Waals surface area contributed by atoms with Gasteiger partial charge in [-0.3, -0.25) is 9.59 Å². The van der Waals surface area contributed by atoms with E-state index in [4.69, 9.17) is 10.2 Å². The number of rotatable bonds is 6. The van der Waals surface area contributed by atoms with E-state index in [1.165, 1.54) is 6.92 Å². The van der Waals surface area contributed by atoms with Crippen molar-refractivity contribution in [3.8, 4) is 0 Å². The van der Waals surface area contributed by atoms with Crippen molar-refractivity contribution in [3.63, 3.8) is 0 Å². The van der Waals surface area contributed by atoms with Gasteiger partial charge in [-0.1, -0.05) is 0 Å². The summed E-state index contributed by atoms with van der Waals surface area (Å²) < 4.78 is 25.2. The van der Waals surface area contributed by atoms with Gasteiger partial charge >= 0.3 is 11.9 Å². The Kier molecular flexibility index (Phi) is 4.03. The first-order valence-corrected chi connectivity index (χ1v) is 6.19. The Balaban J connectivity index is 2.93. The van der Waals surface area contributed by atoms with Crippen LogP contribution in [0.3, 0.4) is 0 Å². The van der Waals surface area contributed by atoms with E-state index < -0.39 is 34.4 Å². The SMILES string of the molecule is Cc1ncc(S(=O)(=O)NC(CC(=O)O)C(=O)O)[nH]1. The van der Waals surface area contributed by atoms with E-state index in [1.807, 2.05) is 0 Å². The van der Waals surface area contributed by atoms with Crippen molar-refractivity contribution < 1.29 is 28.2 Å². The van der Waals surface area contributed by atoms with Gasteiger partial charge in [0.15, 0.2) is 5.03 Å². The summed E-state index contributed by atoms with van der Waals surface area (Å²) >= 11 is 0. The Bertz CT molecular complexity index is 563. The molecule has 1 aromatic heterocycles. The van der Waals surface area contributed by atoms with Crippen LogP contribution in [-0.2, 0) is 19.6 Å². The Hall–Kier alpha value is -1.94. The largest absolute Gasteiger partial charge is 0.481 e. The van der Waals surface area contributed by atoms with E-state index in [1.54, 1.807) is 4.72 Å². The minimum Gasteiger partial charge on any atom is -0.481 e. The van der Waals surface area contributed by atoms with Gasteiger partial charge in [-0.05, 0) is 6.92 Å². The zero-order valence-corrected chi connectivity index (χ0v) is 10.1. The quantitative estimate of drug-likeness (QED) is 0.516. The van der Waals surface area contributed by atoms with Gasteiger partial charge in [0.05, 0.1) is 12.6 Å². The number of aliphatic carboxylic acids is 2. The number of H-pyrrole nitrogens is 1. The van der Waals surface area contributed by atoms with Gasteiger partial charge in [0.1, 0.15) is 11.9 Å². The fourth-order valence-corrected chi connectivity index (χ4v) is 2.30. The number of aryl methyl sites for hydroxylation is 1. The summed E-state index contributed by atoms with van der Waals surface area (Å²) in [6, 6.07) is -1.74. The lowest BCUT2D eigenvalue weighted by molar-refractivity contribution is -0.145. The highest BCUT2D eigenvalue weighted by atomic mass is 32.2. The second-order valence-electron chi connectivity index (χ2n) is 3.44. The van der Waals surface area contributed by atoms with E-state index in [0.717, 1.165) is 6.20 Å². The van der Waals surface area contributed by atoms with Gasteiger partial charge in [-0.15, -0.1) is 0 Å². The van der Waals surface area contributed by atoms with Crippen molar-refractivity contribution in [1.82, 2.24) is 14.7 Å². The number of aromatic amines is 1. The summed E-state index contributed by atoms with van der Waals surface area (Å²) in [5, 5.41) is 16.9. The number of nitrogens with zero attached hydrogens (tertiary/aromatic N) is 1. The van der Waals surface area contributed by atoms with Crippen molar-refractivity contribution in [1.29, 1.82) is 0 Å². The molecule has 0 bridgehead atoms. The van der Waals surface area contributed by atoms with Crippen molar-refractivity contribution in [2.75, 3.05) is 0 Å². The molecule has 1 unspecified atom stereocenters. The van der Waals surface area contributed by atoms with Crippen molar-refractivity contribution in [2.45, 2.75) is 24.4 Å². The molecule has 0 spiro atoms. The molecule has 100 valence electrons. The van der Waals surface area contributed by atoms with Crippen LogP contribution in [0.15, 0.2) is 11.2 Å². The normalized spacial score (nSPS) is 13.2. The van der Waals surface area contributed by atoms with Gasteiger partial charge in [-0.2, -0.15) is 4.72 Å². The molecular weight excluding hydrogens is 266 g/mol. The Morgan fingerprint density at radius 1 is 1.50 bits per heavy atom. The van der Waals surface area contributed by atoms with E-state index in [-0.39, 0.29) is 5.03 Å². The Morgan fingerprint density at radius 2 is 2.11 bits per heavy atom. The summed E-state index contributed by atoms with van der Waals surface area (Å²) in [5.41, 5.74) is 0. The van der Waals surface area contributed by atoms with Gasteiger partial charge < -0.3 is 15.2 Å². The molecule has 0 saturated heterocycles. The number of imidazole rings is 1. The minimum absolute atomic E-state index is 0.323. The number of hydrogen-bond acceptors (Lipinski definition) is 5. The summed E-state index contributed by atoms with van der Waals surface area (Å²) in [7, 11) is -4.14. The summed E-state index contributed by atoms with van der Waals surface area (Å²) in [6.07, 6.45) is 0.152. The zero-order valence-electron chi connectivity index (χ0n) is 9.24. The van der Waals surface area contributed by atoms with E-state index in [2.05, 4.69) is 9.97 Å². The maximum absolute atomic E-state index is 11.7. The highest BCUT2D eigenvalue weighted by Crippen LogP contribution is 2.07. The molecule has 0 amide bonds. The second-order valence-corrected chi connectivity index (χ2v) is 5.13. The third kappa shape index (κ3) is 3.53. The fraction of sp³-hybridized carbons (Fsp3) is 0.375. The van der Waals surface area contributed by atoms with Crippen LogP contribution in [0.25, 0.3) is 0 Å². The van der Waals surface area contributed by atoms with Crippen LogP contribution in [0, 0.1) is 6.92 Å². The van der Waals surface area contributed by atoms with Gasteiger partial charge in [0, 0.05) is 0 Å². The molecular formula is C8H11N3O6S. The second kappa shape index (κ2) is 5.14. The molecule has 1 aromatic rings. The summed E-state index contributed by atoms with van der Waals surface area (Å²) in [6.45, 7) is 1.52. The summed E-state index contributed by atoms with van der Waals surface area (Å²) in [4.78, 5) is 27.2. The van der Waals surface area contributed by atoms with Gasteiger partial charge in [-0.25, -0.2) is 13.4 Å². The minimum atomic E-state index is -4.14. The average Bonchev–Trinajstić information content (AvgIpc) is 2.63. The lowest BCUT2D eigenvalue weighted by Gasteiger charge is -2.11. The molecule has 0 saturated carbocycles. The number of hydrogen-bond donors (Lipinski definition) is 4. The monoisotopic (exact) mass is 277 g/mol. The molecule has 0 aliphatic rings. The number of carboxylic acids is 2. The molecule has 10 heteroatoms. The number of nitrogens with one attached hydrogen (secondary N) is 2. The molecule has 0 aliphatic carbocycles. The number of aromatic nitrogens is 2. The highest BCUT2D eigenvalue weighted by Gasteiger charge is 2.28.